The fraction of sp³-hybridized carbons (Fsp3) is 0.222. The van der Waals surface area contributed by atoms with Crippen molar-refractivity contribution < 1.29 is 14.5 Å². The first-order valence-corrected chi connectivity index (χ1v) is 8.78. The Morgan fingerprint density at radius 3 is 2.73 bits per heavy atom. The SMILES string of the molecule is CCCC(Oc1ccc(Br)cc1)C(=O)NN=Cc1cccc([N+](=O)[O-])c1. The Bertz CT molecular complexity index is 793. The van der Waals surface area contributed by atoms with Gasteiger partial charge in [-0.3, -0.25) is 14.9 Å². The first-order valence-electron chi connectivity index (χ1n) is 7.99. The van der Waals surface area contributed by atoms with Gasteiger partial charge in [0.2, 0.25) is 0 Å². The van der Waals surface area contributed by atoms with E-state index in [4.69, 9.17) is 4.74 Å². The van der Waals surface area contributed by atoms with Crippen LogP contribution in [-0.4, -0.2) is 23.1 Å². The van der Waals surface area contributed by atoms with E-state index in [1.807, 2.05) is 19.1 Å². The number of nitrogens with zero attached hydrogens (tertiary/aromatic N) is 2. The van der Waals surface area contributed by atoms with E-state index in [0.717, 1.165) is 10.9 Å². The van der Waals surface area contributed by atoms with E-state index in [1.54, 1.807) is 24.3 Å². The van der Waals surface area contributed by atoms with Crippen molar-refractivity contribution in [1.82, 2.24) is 5.43 Å². The zero-order valence-corrected chi connectivity index (χ0v) is 15.7. The molecule has 26 heavy (non-hydrogen) atoms. The van der Waals surface area contributed by atoms with Gasteiger partial charge in [-0.15, -0.1) is 0 Å². The summed E-state index contributed by atoms with van der Waals surface area (Å²) in [4.78, 5) is 22.6. The number of carbonyl (C=O) groups excluding carboxylic acids is 1. The van der Waals surface area contributed by atoms with Crippen molar-refractivity contribution in [2.45, 2.75) is 25.9 Å². The number of amides is 1. The molecule has 2 aromatic rings. The number of benzene rings is 2. The maximum Gasteiger partial charge on any atom is 0.281 e. The van der Waals surface area contributed by atoms with Crippen molar-refractivity contribution in [3.63, 3.8) is 0 Å². The number of hydrazone groups is 1. The molecule has 0 heterocycles. The molecule has 0 aliphatic carbocycles. The van der Waals surface area contributed by atoms with Crippen LogP contribution in [0.2, 0.25) is 0 Å². The van der Waals surface area contributed by atoms with Crippen LogP contribution in [0.5, 0.6) is 5.75 Å². The van der Waals surface area contributed by atoms with Gasteiger partial charge in [0.25, 0.3) is 11.6 Å². The van der Waals surface area contributed by atoms with E-state index in [-0.39, 0.29) is 11.6 Å². The van der Waals surface area contributed by atoms with Gasteiger partial charge in [-0.25, -0.2) is 5.43 Å². The van der Waals surface area contributed by atoms with E-state index in [0.29, 0.717) is 17.7 Å². The number of non-ortho nitro benzene ring substituents is 1. The number of halogens is 1. The molecule has 0 aromatic heterocycles. The molecule has 1 atom stereocenters. The first kappa shape index (κ1) is 19.6. The minimum absolute atomic E-state index is 0.0392. The molecule has 0 saturated heterocycles. The van der Waals surface area contributed by atoms with Gasteiger partial charge in [-0.2, -0.15) is 5.10 Å². The van der Waals surface area contributed by atoms with Crippen LogP contribution < -0.4 is 10.2 Å². The summed E-state index contributed by atoms with van der Waals surface area (Å²) < 4.78 is 6.65. The fourth-order valence-electron chi connectivity index (χ4n) is 2.14. The molecule has 8 heteroatoms. The molecule has 1 N–H and O–H groups in total. The molecular weight excluding hydrogens is 402 g/mol. The molecule has 0 spiro atoms. The maximum atomic E-state index is 12.3. The monoisotopic (exact) mass is 419 g/mol. The zero-order valence-electron chi connectivity index (χ0n) is 14.1. The number of hydrogen-bond acceptors (Lipinski definition) is 5. The van der Waals surface area contributed by atoms with Gasteiger partial charge in [0.05, 0.1) is 11.1 Å². The predicted octanol–water partition coefficient (Wildman–Crippen LogP) is 4.06. The second kappa shape index (κ2) is 9.67. The molecule has 136 valence electrons. The van der Waals surface area contributed by atoms with Gasteiger partial charge in [0, 0.05) is 22.2 Å². The van der Waals surface area contributed by atoms with Gasteiger partial charge in [-0.1, -0.05) is 41.4 Å². The standard InChI is InChI=1S/C18H18BrN3O4/c1-2-4-17(26-16-9-7-14(19)8-10-16)18(23)21-20-12-13-5-3-6-15(11-13)22(24)25/h3,5-12,17H,2,4H2,1H3,(H,21,23). The molecule has 0 aliphatic rings. The Morgan fingerprint density at radius 1 is 1.35 bits per heavy atom. The lowest BCUT2D eigenvalue weighted by Gasteiger charge is -2.16. The number of nitro groups is 1. The van der Waals surface area contributed by atoms with Crippen molar-refractivity contribution in [3.05, 3.63) is 68.7 Å². The van der Waals surface area contributed by atoms with Crippen molar-refractivity contribution >= 4 is 33.7 Å². The van der Waals surface area contributed by atoms with Crippen molar-refractivity contribution in [2.24, 2.45) is 5.10 Å². The molecule has 0 aliphatic heterocycles. The molecule has 0 radical (unpaired) electrons. The molecule has 1 unspecified atom stereocenters. The number of carbonyl (C=O) groups is 1. The summed E-state index contributed by atoms with van der Waals surface area (Å²) in [7, 11) is 0. The van der Waals surface area contributed by atoms with Crippen molar-refractivity contribution in [3.8, 4) is 5.75 Å². The fourth-order valence-corrected chi connectivity index (χ4v) is 2.41. The van der Waals surface area contributed by atoms with Gasteiger partial charge < -0.3 is 4.74 Å². The van der Waals surface area contributed by atoms with Crippen molar-refractivity contribution in [2.75, 3.05) is 0 Å². The summed E-state index contributed by atoms with van der Waals surface area (Å²) in [6.45, 7) is 1.96. The summed E-state index contributed by atoms with van der Waals surface area (Å²) in [5, 5.41) is 14.6. The third-order valence-electron chi connectivity index (χ3n) is 3.40. The second-order valence-corrected chi connectivity index (χ2v) is 6.35. The zero-order chi connectivity index (χ0) is 18.9. The summed E-state index contributed by atoms with van der Waals surface area (Å²) >= 11 is 3.35. The summed E-state index contributed by atoms with van der Waals surface area (Å²) in [6, 6.07) is 13.2. The lowest BCUT2D eigenvalue weighted by molar-refractivity contribution is -0.384. The Hall–Kier alpha value is -2.74. The molecule has 0 saturated carbocycles. The molecule has 2 aromatic carbocycles. The highest BCUT2D eigenvalue weighted by molar-refractivity contribution is 9.10. The quantitative estimate of drug-likeness (QED) is 0.396. The number of nitrogens with one attached hydrogen (secondary N) is 1. The van der Waals surface area contributed by atoms with Crippen LogP contribution in [0.4, 0.5) is 5.69 Å². The number of rotatable bonds is 8. The Morgan fingerprint density at radius 2 is 2.08 bits per heavy atom. The van der Waals surface area contributed by atoms with Crippen LogP contribution >= 0.6 is 15.9 Å². The minimum atomic E-state index is -0.677. The third kappa shape index (κ3) is 5.96. The molecule has 0 fully saturated rings. The minimum Gasteiger partial charge on any atom is -0.481 e. The third-order valence-corrected chi connectivity index (χ3v) is 3.93. The second-order valence-electron chi connectivity index (χ2n) is 5.44. The lowest BCUT2D eigenvalue weighted by Crippen LogP contribution is -2.35. The normalized spacial score (nSPS) is 11.9. The van der Waals surface area contributed by atoms with Gasteiger partial charge in [0.15, 0.2) is 6.10 Å². The topological polar surface area (TPSA) is 93.8 Å². The summed E-state index contributed by atoms with van der Waals surface area (Å²) in [5.74, 6) is 0.209. The largest absolute Gasteiger partial charge is 0.481 e. The van der Waals surface area contributed by atoms with E-state index in [1.165, 1.54) is 18.3 Å². The average molecular weight is 420 g/mol. The number of ether oxygens (including phenoxy) is 1. The number of hydrogen-bond donors (Lipinski definition) is 1. The molecule has 7 nitrogen and oxygen atoms in total. The van der Waals surface area contributed by atoms with Crippen LogP contribution in [0.15, 0.2) is 58.1 Å². The molecule has 0 bridgehead atoms. The maximum absolute atomic E-state index is 12.3. The highest BCUT2D eigenvalue weighted by atomic mass is 79.9. The average Bonchev–Trinajstić information content (AvgIpc) is 2.63. The highest BCUT2D eigenvalue weighted by Crippen LogP contribution is 2.18. The summed E-state index contributed by atoms with van der Waals surface area (Å²) in [6.07, 6.45) is 1.98. The van der Waals surface area contributed by atoms with Crippen molar-refractivity contribution in [1.29, 1.82) is 0 Å². The predicted molar refractivity (Wildman–Crippen MR) is 102 cm³/mol. The van der Waals surface area contributed by atoms with E-state index < -0.39 is 11.0 Å². The number of nitro benzene ring substituents is 1. The van der Waals surface area contributed by atoms with Crippen LogP contribution in [0.3, 0.4) is 0 Å². The first-order chi connectivity index (χ1) is 12.5. The van der Waals surface area contributed by atoms with E-state index in [2.05, 4.69) is 26.5 Å². The van der Waals surface area contributed by atoms with Gasteiger partial charge in [-0.05, 0) is 30.7 Å². The van der Waals surface area contributed by atoms with Crippen LogP contribution in [0, 0.1) is 10.1 Å². The van der Waals surface area contributed by atoms with Gasteiger partial charge in [0.1, 0.15) is 5.75 Å². The van der Waals surface area contributed by atoms with E-state index in [9.17, 15) is 14.9 Å². The Labute approximate surface area is 159 Å². The highest BCUT2D eigenvalue weighted by Gasteiger charge is 2.19. The summed E-state index contributed by atoms with van der Waals surface area (Å²) in [5.41, 5.74) is 2.90. The van der Waals surface area contributed by atoms with Crippen LogP contribution in [0.1, 0.15) is 25.3 Å². The van der Waals surface area contributed by atoms with Crippen LogP contribution in [-0.2, 0) is 4.79 Å². The van der Waals surface area contributed by atoms with Gasteiger partial charge >= 0.3 is 0 Å². The lowest BCUT2D eigenvalue weighted by atomic mass is 10.2. The smallest absolute Gasteiger partial charge is 0.281 e. The molecular formula is C18H18BrN3O4. The molecule has 1 amide bonds. The molecule has 2 rings (SSSR count). The van der Waals surface area contributed by atoms with Crippen LogP contribution in [0.25, 0.3) is 0 Å². The van der Waals surface area contributed by atoms with E-state index >= 15 is 0 Å². The Kier molecular flexibility index (Phi) is 7.28. The Balaban J connectivity index is 1.99.